The SMILES string of the molecule is COc1ccccc1Oc1ccc(NC(=O)c2cc3ccccc3c(=O)[nH]2)cc1. The lowest BCUT2D eigenvalue weighted by Gasteiger charge is -2.11. The lowest BCUT2D eigenvalue weighted by Crippen LogP contribution is -2.18. The summed E-state index contributed by atoms with van der Waals surface area (Å²) in [4.78, 5) is 27.3. The number of methoxy groups -OCH3 is 1. The first-order valence-electron chi connectivity index (χ1n) is 8.98. The fourth-order valence-corrected chi connectivity index (χ4v) is 2.97. The molecule has 6 nitrogen and oxygen atoms in total. The standard InChI is InChI=1S/C23H18N2O4/c1-28-20-8-4-5-9-21(20)29-17-12-10-16(11-13-17)24-23(27)19-14-15-6-2-3-7-18(15)22(26)25-19/h2-14H,1H3,(H,24,27)(H,25,26). The average Bonchev–Trinajstić information content (AvgIpc) is 2.75. The Morgan fingerprint density at radius 2 is 1.59 bits per heavy atom. The topological polar surface area (TPSA) is 80.4 Å². The summed E-state index contributed by atoms with van der Waals surface area (Å²) in [6, 6.07) is 23.1. The number of nitrogens with one attached hydrogen (secondary N) is 2. The maximum absolute atomic E-state index is 12.5. The second-order valence-electron chi connectivity index (χ2n) is 6.33. The van der Waals surface area contributed by atoms with Gasteiger partial charge in [-0.05, 0) is 53.9 Å². The second kappa shape index (κ2) is 7.90. The van der Waals surface area contributed by atoms with Crippen molar-refractivity contribution in [2.24, 2.45) is 0 Å². The molecule has 0 aliphatic heterocycles. The molecule has 0 spiro atoms. The zero-order valence-electron chi connectivity index (χ0n) is 15.6. The lowest BCUT2D eigenvalue weighted by atomic mass is 10.1. The number of carbonyl (C=O) groups is 1. The van der Waals surface area contributed by atoms with E-state index in [1.807, 2.05) is 30.3 Å². The second-order valence-corrected chi connectivity index (χ2v) is 6.33. The zero-order valence-corrected chi connectivity index (χ0v) is 15.6. The Balaban J connectivity index is 1.50. The number of anilines is 1. The van der Waals surface area contributed by atoms with Gasteiger partial charge in [-0.15, -0.1) is 0 Å². The van der Waals surface area contributed by atoms with Gasteiger partial charge in [-0.25, -0.2) is 0 Å². The fraction of sp³-hybridized carbons (Fsp3) is 0.0435. The minimum atomic E-state index is -0.397. The monoisotopic (exact) mass is 386 g/mol. The molecule has 0 aliphatic rings. The zero-order chi connectivity index (χ0) is 20.2. The third-order valence-electron chi connectivity index (χ3n) is 4.41. The van der Waals surface area contributed by atoms with Crippen LogP contribution in [-0.4, -0.2) is 18.0 Å². The van der Waals surface area contributed by atoms with Crippen LogP contribution in [0.2, 0.25) is 0 Å². The van der Waals surface area contributed by atoms with Crippen molar-refractivity contribution in [2.75, 3.05) is 12.4 Å². The molecule has 4 rings (SSSR count). The Hall–Kier alpha value is -4.06. The van der Waals surface area contributed by atoms with Crippen LogP contribution in [0.1, 0.15) is 10.5 Å². The van der Waals surface area contributed by atoms with Gasteiger partial charge < -0.3 is 19.8 Å². The largest absolute Gasteiger partial charge is 0.493 e. The summed E-state index contributed by atoms with van der Waals surface area (Å²) in [7, 11) is 1.58. The van der Waals surface area contributed by atoms with Crippen LogP contribution in [0.15, 0.2) is 83.7 Å². The Bertz CT molecular complexity index is 1230. The third kappa shape index (κ3) is 3.96. The number of pyridine rings is 1. The molecule has 144 valence electrons. The Morgan fingerprint density at radius 3 is 2.34 bits per heavy atom. The first-order chi connectivity index (χ1) is 14.1. The molecule has 2 N–H and O–H groups in total. The van der Waals surface area contributed by atoms with Crippen molar-refractivity contribution in [3.8, 4) is 17.2 Å². The highest BCUT2D eigenvalue weighted by molar-refractivity contribution is 6.04. The summed E-state index contributed by atoms with van der Waals surface area (Å²) in [6.07, 6.45) is 0. The van der Waals surface area contributed by atoms with E-state index in [-0.39, 0.29) is 11.3 Å². The maximum atomic E-state index is 12.5. The summed E-state index contributed by atoms with van der Waals surface area (Å²) in [5.74, 6) is 1.43. The highest BCUT2D eigenvalue weighted by Gasteiger charge is 2.10. The number of hydrogen-bond acceptors (Lipinski definition) is 4. The molecule has 0 bridgehead atoms. The normalized spacial score (nSPS) is 10.5. The highest BCUT2D eigenvalue weighted by Crippen LogP contribution is 2.31. The molecule has 0 saturated carbocycles. The van der Waals surface area contributed by atoms with Crippen LogP contribution in [-0.2, 0) is 0 Å². The van der Waals surface area contributed by atoms with Crippen LogP contribution >= 0.6 is 0 Å². The molecule has 0 unspecified atom stereocenters. The average molecular weight is 386 g/mol. The Labute approximate surface area is 166 Å². The number of fused-ring (bicyclic) bond motifs is 1. The number of rotatable bonds is 5. The number of para-hydroxylation sites is 2. The van der Waals surface area contributed by atoms with E-state index in [0.29, 0.717) is 33.7 Å². The first kappa shape index (κ1) is 18.3. The predicted octanol–water partition coefficient (Wildman–Crippen LogP) is 4.58. The molecule has 0 atom stereocenters. The maximum Gasteiger partial charge on any atom is 0.272 e. The van der Waals surface area contributed by atoms with Crippen molar-refractivity contribution in [3.05, 3.63) is 94.9 Å². The molecule has 0 radical (unpaired) electrons. The van der Waals surface area contributed by atoms with E-state index in [0.717, 1.165) is 0 Å². The molecule has 0 saturated heterocycles. The highest BCUT2D eigenvalue weighted by atomic mass is 16.5. The summed E-state index contributed by atoms with van der Waals surface area (Å²) in [6.45, 7) is 0. The minimum absolute atomic E-state index is 0.197. The smallest absolute Gasteiger partial charge is 0.272 e. The third-order valence-corrected chi connectivity index (χ3v) is 4.41. The van der Waals surface area contributed by atoms with E-state index >= 15 is 0 Å². The summed E-state index contributed by atoms with van der Waals surface area (Å²) in [5, 5.41) is 4.03. The molecule has 4 aromatic rings. The van der Waals surface area contributed by atoms with Gasteiger partial charge >= 0.3 is 0 Å². The number of aromatic amines is 1. The Kier molecular flexibility index (Phi) is 4.99. The van der Waals surface area contributed by atoms with Gasteiger partial charge in [-0.3, -0.25) is 9.59 Å². The summed E-state index contributed by atoms with van der Waals surface area (Å²) < 4.78 is 11.1. The molecule has 3 aromatic carbocycles. The van der Waals surface area contributed by atoms with E-state index in [4.69, 9.17) is 9.47 Å². The van der Waals surface area contributed by atoms with Gasteiger partial charge in [-0.2, -0.15) is 0 Å². The molecule has 0 fully saturated rings. The predicted molar refractivity (Wildman–Crippen MR) is 112 cm³/mol. The first-order valence-corrected chi connectivity index (χ1v) is 8.98. The van der Waals surface area contributed by atoms with Gasteiger partial charge in [0.25, 0.3) is 11.5 Å². The summed E-state index contributed by atoms with van der Waals surface area (Å²) >= 11 is 0. The van der Waals surface area contributed by atoms with Crippen molar-refractivity contribution in [3.63, 3.8) is 0 Å². The van der Waals surface area contributed by atoms with Gasteiger partial charge in [0, 0.05) is 11.1 Å². The molecule has 1 amide bonds. The molecule has 29 heavy (non-hydrogen) atoms. The van der Waals surface area contributed by atoms with Crippen molar-refractivity contribution in [1.29, 1.82) is 0 Å². The molecular formula is C23H18N2O4. The number of carbonyl (C=O) groups excluding carboxylic acids is 1. The van der Waals surface area contributed by atoms with Crippen molar-refractivity contribution < 1.29 is 14.3 Å². The molecule has 1 aromatic heterocycles. The van der Waals surface area contributed by atoms with Gasteiger partial charge in [0.05, 0.1) is 7.11 Å². The number of aromatic nitrogens is 1. The summed E-state index contributed by atoms with van der Waals surface area (Å²) in [5.41, 5.74) is 0.480. The number of amides is 1. The molecular weight excluding hydrogens is 368 g/mol. The van der Waals surface area contributed by atoms with Crippen LogP contribution in [0.3, 0.4) is 0 Å². The number of H-pyrrole nitrogens is 1. The van der Waals surface area contributed by atoms with Crippen LogP contribution in [0.4, 0.5) is 5.69 Å². The van der Waals surface area contributed by atoms with Crippen molar-refractivity contribution >= 4 is 22.4 Å². The minimum Gasteiger partial charge on any atom is -0.493 e. The van der Waals surface area contributed by atoms with Crippen LogP contribution in [0.5, 0.6) is 17.2 Å². The van der Waals surface area contributed by atoms with E-state index in [1.165, 1.54) is 0 Å². The number of benzene rings is 3. The Morgan fingerprint density at radius 1 is 0.897 bits per heavy atom. The lowest BCUT2D eigenvalue weighted by molar-refractivity contribution is 0.102. The van der Waals surface area contributed by atoms with E-state index in [2.05, 4.69) is 10.3 Å². The van der Waals surface area contributed by atoms with Gasteiger partial charge in [0.2, 0.25) is 0 Å². The van der Waals surface area contributed by atoms with Crippen LogP contribution < -0.4 is 20.3 Å². The van der Waals surface area contributed by atoms with Crippen LogP contribution in [0.25, 0.3) is 10.8 Å². The molecule has 0 aliphatic carbocycles. The van der Waals surface area contributed by atoms with E-state index < -0.39 is 5.91 Å². The molecule has 1 heterocycles. The number of ether oxygens (including phenoxy) is 2. The molecule has 6 heteroatoms. The quantitative estimate of drug-likeness (QED) is 0.526. The van der Waals surface area contributed by atoms with Crippen LogP contribution in [0, 0.1) is 0 Å². The van der Waals surface area contributed by atoms with E-state index in [9.17, 15) is 9.59 Å². The van der Waals surface area contributed by atoms with Crippen molar-refractivity contribution in [1.82, 2.24) is 4.98 Å². The van der Waals surface area contributed by atoms with Crippen molar-refractivity contribution in [2.45, 2.75) is 0 Å². The number of hydrogen-bond donors (Lipinski definition) is 2. The van der Waals surface area contributed by atoms with Gasteiger partial charge in [-0.1, -0.05) is 30.3 Å². The van der Waals surface area contributed by atoms with E-state index in [1.54, 1.807) is 55.6 Å². The fourth-order valence-electron chi connectivity index (χ4n) is 2.97. The van der Waals surface area contributed by atoms with Gasteiger partial charge in [0.1, 0.15) is 11.4 Å². The van der Waals surface area contributed by atoms with Gasteiger partial charge in [0.15, 0.2) is 11.5 Å².